The third-order valence-electron chi connectivity index (χ3n) is 6.41. The Bertz CT molecular complexity index is 851. The smallest absolute Gasteiger partial charge is 0.272 e. The largest absolute Gasteiger partial charge is 0.383 e. The Balaban J connectivity index is 1.42. The lowest BCUT2D eigenvalue weighted by atomic mass is 9.83. The summed E-state index contributed by atoms with van der Waals surface area (Å²) in [5.41, 5.74) is 1.67. The van der Waals surface area contributed by atoms with Gasteiger partial charge in [-0.05, 0) is 37.8 Å². The Labute approximate surface area is 152 Å². The predicted molar refractivity (Wildman–Crippen MR) is 94.5 cm³/mol. The van der Waals surface area contributed by atoms with Gasteiger partial charge in [-0.15, -0.1) is 0 Å². The number of carbonyl (C=O) groups is 1. The van der Waals surface area contributed by atoms with Crippen LogP contribution in [0.5, 0.6) is 0 Å². The Morgan fingerprint density at radius 3 is 2.42 bits per heavy atom. The summed E-state index contributed by atoms with van der Waals surface area (Å²) in [4.78, 5) is 15.3. The van der Waals surface area contributed by atoms with Crippen molar-refractivity contribution in [3.05, 3.63) is 35.4 Å². The van der Waals surface area contributed by atoms with E-state index in [4.69, 9.17) is 0 Å². The molecule has 2 bridgehead atoms. The number of rotatable bonds is 3. The third-order valence-corrected chi connectivity index (χ3v) is 6.41. The van der Waals surface area contributed by atoms with Crippen molar-refractivity contribution in [2.24, 2.45) is 14.1 Å². The van der Waals surface area contributed by atoms with Crippen LogP contribution in [-0.2, 0) is 19.7 Å². The second-order valence-corrected chi connectivity index (χ2v) is 8.23. The highest BCUT2D eigenvalue weighted by Gasteiger charge is 2.51. The van der Waals surface area contributed by atoms with Crippen molar-refractivity contribution in [2.45, 2.75) is 62.1 Å². The van der Waals surface area contributed by atoms with Gasteiger partial charge in [-0.3, -0.25) is 14.2 Å². The molecule has 3 atom stereocenters. The molecule has 2 aromatic rings. The predicted octanol–water partition coefficient (Wildman–Crippen LogP) is 1.69. The molecule has 0 radical (unpaired) electrons. The number of hydrogen-bond donors (Lipinski definition) is 1. The minimum atomic E-state index is -0.903. The molecule has 1 amide bonds. The summed E-state index contributed by atoms with van der Waals surface area (Å²) in [7, 11) is 3.72. The molecule has 138 valence electrons. The summed E-state index contributed by atoms with van der Waals surface area (Å²) in [6, 6.07) is 4.00. The molecule has 2 saturated heterocycles. The molecule has 0 aromatic carbocycles. The first-order valence-electron chi connectivity index (χ1n) is 9.54. The first kappa shape index (κ1) is 16.1. The van der Waals surface area contributed by atoms with Crippen LogP contribution in [0.3, 0.4) is 0 Å². The number of aryl methyl sites for hydroxylation is 2. The molecule has 1 unspecified atom stereocenters. The minimum absolute atomic E-state index is 0.0615. The van der Waals surface area contributed by atoms with Crippen LogP contribution in [0.15, 0.2) is 18.3 Å². The van der Waals surface area contributed by atoms with E-state index in [1.807, 2.05) is 31.1 Å². The number of nitrogens with zero attached hydrogens (tertiary/aromatic N) is 5. The van der Waals surface area contributed by atoms with E-state index in [-0.39, 0.29) is 18.0 Å². The number of hydrogen-bond acceptors (Lipinski definition) is 4. The molecule has 7 nitrogen and oxygen atoms in total. The highest BCUT2D eigenvalue weighted by Crippen LogP contribution is 2.46. The molecule has 26 heavy (non-hydrogen) atoms. The van der Waals surface area contributed by atoms with Crippen LogP contribution in [0, 0.1) is 0 Å². The first-order valence-corrected chi connectivity index (χ1v) is 9.54. The van der Waals surface area contributed by atoms with Gasteiger partial charge in [-0.2, -0.15) is 10.2 Å². The average Bonchev–Trinajstić information content (AvgIpc) is 3.14. The van der Waals surface area contributed by atoms with Crippen LogP contribution in [0.2, 0.25) is 0 Å². The lowest BCUT2D eigenvalue weighted by molar-refractivity contribution is -0.0532. The van der Waals surface area contributed by atoms with Crippen molar-refractivity contribution in [1.29, 1.82) is 0 Å². The molecule has 7 heteroatoms. The lowest BCUT2D eigenvalue weighted by Crippen LogP contribution is -2.52. The molecule has 1 N–H and O–H groups in total. The minimum Gasteiger partial charge on any atom is -0.383 e. The van der Waals surface area contributed by atoms with Crippen molar-refractivity contribution in [3.63, 3.8) is 0 Å². The van der Waals surface area contributed by atoms with Crippen molar-refractivity contribution in [1.82, 2.24) is 24.5 Å². The molecule has 3 fully saturated rings. The van der Waals surface area contributed by atoms with Gasteiger partial charge in [-0.25, -0.2) is 0 Å². The van der Waals surface area contributed by atoms with Crippen LogP contribution in [0.25, 0.3) is 0 Å². The maximum Gasteiger partial charge on any atom is 0.272 e. The van der Waals surface area contributed by atoms with Gasteiger partial charge in [-0.1, -0.05) is 0 Å². The summed E-state index contributed by atoms with van der Waals surface area (Å²) in [5.74, 6) is 0.599. The van der Waals surface area contributed by atoms with Crippen LogP contribution >= 0.6 is 0 Å². The molecule has 1 aliphatic carbocycles. The fraction of sp³-hybridized carbons (Fsp3) is 0.632. The van der Waals surface area contributed by atoms with E-state index in [2.05, 4.69) is 10.2 Å². The molecule has 2 aliphatic heterocycles. The van der Waals surface area contributed by atoms with Gasteiger partial charge in [0.1, 0.15) is 11.3 Å². The fourth-order valence-corrected chi connectivity index (χ4v) is 5.00. The normalized spacial score (nSPS) is 30.8. The molecule has 5 rings (SSSR count). The summed E-state index contributed by atoms with van der Waals surface area (Å²) in [6.45, 7) is 0. The summed E-state index contributed by atoms with van der Waals surface area (Å²) in [6.07, 6.45) is 7.12. The number of aliphatic hydroxyl groups is 1. The van der Waals surface area contributed by atoms with Gasteiger partial charge < -0.3 is 10.0 Å². The van der Waals surface area contributed by atoms with Gasteiger partial charge >= 0.3 is 0 Å². The van der Waals surface area contributed by atoms with Crippen molar-refractivity contribution < 1.29 is 9.90 Å². The Morgan fingerprint density at radius 2 is 1.85 bits per heavy atom. The van der Waals surface area contributed by atoms with Gasteiger partial charge in [0.15, 0.2) is 0 Å². The molecular weight excluding hydrogens is 330 g/mol. The number of fused-ring (bicyclic) bond motifs is 2. The molecule has 2 aromatic heterocycles. The van der Waals surface area contributed by atoms with Crippen molar-refractivity contribution >= 4 is 5.91 Å². The molecule has 4 heterocycles. The summed E-state index contributed by atoms with van der Waals surface area (Å²) < 4.78 is 3.48. The molecule has 1 saturated carbocycles. The Hall–Kier alpha value is -2.15. The van der Waals surface area contributed by atoms with Gasteiger partial charge in [0.25, 0.3) is 5.91 Å². The second-order valence-electron chi connectivity index (χ2n) is 8.23. The molecule has 0 spiro atoms. The average molecular weight is 355 g/mol. The first-order chi connectivity index (χ1) is 12.5. The zero-order chi connectivity index (χ0) is 18.1. The van der Waals surface area contributed by atoms with Crippen LogP contribution in [0.1, 0.15) is 66.3 Å². The number of amides is 1. The van der Waals surface area contributed by atoms with Crippen LogP contribution in [-0.4, -0.2) is 47.6 Å². The van der Waals surface area contributed by atoms with E-state index in [0.717, 1.165) is 24.2 Å². The number of piperidine rings is 1. The quantitative estimate of drug-likeness (QED) is 0.909. The monoisotopic (exact) mass is 355 g/mol. The highest BCUT2D eigenvalue weighted by molar-refractivity contribution is 5.93. The van der Waals surface area contributed by atoms with E-state index in [1.165, 1.54) is 12.8 Å². The van der Waals surface area contributed by atoms with Crippen LogP contribution < -0.4 is 0 Å². The van der Waals surface area contributed by atoms with Gasteiger partial charge in [0.2, 0.25) is 0 Å². The van der Waals surface area contributed by atoms with Crippen LogP contribution in [0.4, 0.5) is 0 Å². The van der Waals surface area contributed by atoms with Crippen molar-refractivity contribution in [2.75, 3.05) is 0 Å². The SMILES string of the molecule is Cn1nc(C2CC2)cc1C(=O)N1[C@@H]2CC[C@H]1CC(O)(c1ccnn1C)C2. The zero-order valence-corrected chi connectivity index (χ0v) is 15.3. The van der Waals surface area contributed by atoms with E-state index in [0.29, 0.717) is 24.5 Å². The summed E-state index contributed by atoms with van der Waals surface area (Å²) >= 11 is 0. The summed E-state index contributed by atoms with van der Waals surface area (Å²) in [5, 5.41) is 20.0. The second kappa shape index (κ2) is 5.42. The maximum atomic E-state index is 13.3. The van der Waals surface area contributed by atoms with E-state index >= 15 is 0 Å². The fourth-order valence-electron chi connectivity index (χ4n) is 5.00. The maximum absolute atomic E-state index is 13.3. The topological polar surface area (TPSA) is 76.2 Å². The zero-order valence-electron chi connectivity index (χ0n) is 15.3. The van der Waals surface area contributed by atoms with Crippen molar-refractivity contribution in [3.8, 4) is 0 Å². The highest BCUT2D eigenvalue weighted by atomic mass is 16.3. The number of aromatic nitrogens is 4. The molecule has 3 aliphatic rings. The lowest BCUT2D eigenvalue weighted by Gasteiger charge is -2.43. The van der Waals surface area contributed by atoms with Gasteiger partial charge in [0.05, 0.1) is 11.4 Å². The van der Waals surface area contributed by atoms with E-state index in [9.17, 15) is 9.90 Å². The van der Waals surface area contributed by atoms with Gasteiger partial charge in [0, 0.05) is 51.1 Å². The number of carbonyl (C=O) groups excluding carboxylic acids is 1. The third kappa shape index (κ3) is 2.33. The molecular formula is C19H25N5O2. The Kier molecular flexibility index (Phi) is 3.35. The van der Waals surface area contributed by atoms with E-state index in [1.54, 1.807) is 15.6 Å². The standard InChI is InChI=1S/C19H25N5O2/c1-22-16(9-15(21-22)12-3-4-12)18(25)24-13-5-6-14(24)11-19(26,10-13)17-7-8-20-23(17)2/h7-9,12-14,26H,3-6,10-11H2,1-2H3/t13-,14+,19?. The van der Waals surface area contributed by atoms with E-state index < -0.39 is 5.60 Å². The Morgan fingerprint density at radius 1 is 1.15 bits per heavy atom.